The van der Waals surface area contributed by atoms with Gasteiger partial charge in [-0.1, -0.05) is 0 Å². The van der Waals surface area contributed by atoms with Crippen LogP contribution in [0.15, 0.2) is 11.0 Å². The number of anilines is 2. The van der Waals surface area contributed by atoms with E-state index in [9.17, 15) is 14.7 Å². The van der Waals surface area contributed by atoms with Gasteiger partial charge in [-0.2, -0.15) is 0 Å². The molecule has 0 amide bonds. The molecule has 1 fully saturated rings. The van der Waals surface area contributed by atoms with E-state index in [2.05, 4.69) is 5.43 Å². The molecule has 1 aromatic carbocycles. The van der Waals surface area contributed by atoms with Crippen molar-refractivity contribution < 1.29 is 18.7 Å². The van der Waals surface area contributed by atoms with Crippen molar-refractivity contribution in [3.8, 4) is 0 Å². The zero-order valence-corrected chi connectivity index (χ0v) is 15.6. The Bertz CT molecular complexity index is 1210. The quantitative estimate of drug-likeness (QED) is 0.383. The van der Waals surface area contributed by atoms with Crippen LogP contribution in [0.4, 0.5) is 20.2 Å². The molecular weight excluding hydrogens is 392 g/mol. The van der Waals surface area contributed by atoms with Crippen LogP contribution in [0.25, 0.3) is 15.7 Å². The van der Waals surface area contributed by atoms with E-state index in [0.717, 1.165) is 11.3 Å². The predicted octanol–water partition coefficient (Wildman–Crippen LogP) is 1.62. The fraction of sp³-hybridized carbons (Fsp3) is 0.294. The summed E-state index contributed by atoms with van der Waals surface area (Å²) in [6.07, 6.45) is 2.07. The van der Waals surface area contributed by atoms with E-state index in [1.54, 1.807) is 6.92 Å². The maximum absolute atomic E-state index is 15.6. The largest absolute Gasteiger partial charge is 0.477 e. The Morgan fingerprint density at radius 2 is 2.11 bits per heavy atom. The highest BCUT2D eigenvalue weighted by atomic mass is 32.1. The van der Waals surface area contributed by atoms with Gasteiger partial charge in [0.25, 0.3) is 0 Å². The number of nitrogen functional groups attached to an aromatic ring is 1. The number of hydrazine groups is 1. The van der Waals surface area contributed by atoms with Crippen molar-refractivity contribution in [1.82, 2.24) is 4.40 Å². The first-order valence-corrected chi connectivity index (χ1v) is 9.27. The number of nitrogens with zero attached hydrogens (tertiary/aromatic N) is 2. The van der Waals surface area contributed by atoms with Gasteiger partial charge in [-0.15, -0.1) is 11.3 Å². The van der Waals surface area contributed by atoms with E-state index < -0.39 is 39.7 Å². The number of rotatable bonds is 3. The fourth-order valence-electron chi connectivity index (χ4n) is 3.73. The maximum atomic E-state index is 15.6. The van der Waals surface area contributed by atoms with Crippen LogP contribution >= 0.6 is 11.3 Å². The Hall–Kier alpha value is -2.76. The molecule has 1 unspecified atom stereocenters. The van der Waals surface area contributed by atoms with Crippen molar-refractivity contribution in [1.29, 1.82) is 0 Å². The first-order chi connectivity index (χ1) is 13.3. The van der Waals surface area contributed by atoms with Gasteiger partial charge in [0.15, 0.2) is 11.6 Å². The highest BCUT2D eigenvalue weighted by Gasteiger charge is 2.32. The first kappa shape index (κ1) is 18.6. The summed E-state index contributed by atoms with van der Waals surface area (Å²) in [6, 6.07) is -0.232. The molecule has 3 aromatic rings. The van der Waals surface area contributed by atoms with Crippen molar-refractivity contribution in [2.45, 2.75) is 19.4 Å². The lowest BCUT2D eigenvalue weighted by atomic mass is 10.1. The average Bonchev–Trinajstić information content (AvgIpc) is 3.20. The SMILES string of the molecule is Cc1cn2c(s1)c(C(=O)O)c(=O)c1c(NN)c(F)c(N3CCC(N)C3)c(F)c12. The Labute approximate surface area is 160 Å². The summed E-state index contributed by atoms with van der Waals surface area (Å²) in [5, 5.41) is 9.08. The molecular formula is C17H17F2N5O3S. The number of carbonyl (C=O) groups is 1. The molecule has 148 valence electrons. The minimum atomic E-state index is -1.48. The molecule has 1 atom stereocenters. The molecule has 8 nitrogen and oxygen atoms in total. The van der Waals surface area contributed by atoms with Crippen molar-refractivity contribution >= 4 is 44.4 Å². The van der Waals surface area contributed by atoms with Gasteiger partial charge < -0.3 is 25.6 Å². The second-order valence-corrected chi connectivity index (χ2v) is 7.98. The van der Waals surface area contributed by atoms with Crippen LogP contribution < -0.4 is 27.3 Å². The molecule has 6 N–H and O–H groups in total. The fourth-order valence-corrected chi connectivity index (χ4v) is 4.72. The third kappa shape index (κ3) is 2.47. The minimum absolute atomic E-state index is 0.0695. The molecule has 0 spiro atoms. The maximum Gasteiger partial charge on any atom is 0.342 e. The van der Waals surface area contributed by atoms with E-state index in [4.69, 9.17) is 11.6 Å². The molecule has 1 saturated heterocycles. The van der Waals surface area contributed by atoms with Crippen molar-refractivity contribution in [2.24, 2.45) is 11.6 Å². The smallest absolute Gasteiger partial charge is 0.342 e. The van der Waals surface area contributed by atoms with Crippen LogP contribution in [0.5, 0.6) is 0 Å². The molecule has 1 aliphatic heterocycles. The first-order valence-electron chi connectivity index (χ1n) is 8.46. The van der Waals surface area contributed by atoms with Crippen molar-refractivity contribution in [3.63, 3.8) is 0 Å². The normalized spacial score (nSPS) is 17.0. The molecule has 0 radical (unpaired) electrons. The number of thiazole rings is 1. The standard InChI is InChI=1S/C17H17F2N5O3S/c1-6-4-24-13-8(15(25)9(17(26)27)16(24)28-6)12(22-21)10(18)14(11(13)19)23-3-2-7(20)5-23/h4,7,22H,2-3,5,20-21H2,1H3,(H,26,27). The summed E-state index contributed by atoms with van der Waals surface area (Å²) in [6.45, 7) is 2.29. The summed E-state index contributed by atoms with van der Waals surface area (Å²) in [4.78, 5) is 26.8. The van der Waals surface area contributed by atoms with Crippen LogP contribution in [0.2, 0.25) is 0 Å². The highest BCUT2D eigenvalue weighted by Crippen LogP contribution is 2.39. The number of hydrogen-bond acceptors (Lipinski definition) is 7. The summed E-state index contributed by atoms with van der Waals surface area (Å²) in [7, 11) is 0. The third-order valence-corrected chi connectivity index (χ3v) is 5.95. The van der Waals surface area contributed by atoms with E-state index in [0.29, 0.717) is 17.8 Å². The number of hydrogen-bond donors (Lipinski definition) is 4. The molecule has 4 rings (SSSR count). The number of aromatic carboxylic acids is 1. The van der Waals surface area contributed by atoms with Gasteiger partial charge in [0.2, 0.25) is 5.43 Å². The van der Waals surface area contributed by atoms with Crippen LogP contribution in [-0.2, 0) is 0 Å². The number of pyridine rings is 1. The number of carboxylic acid groups (broad SMARTS) is 1. The van der Waals surface area contributed by atoms with E-state index >= 15 is 8.78 Å². The van der Waals surface area contributed by atoms with Gasteiger partial charge in [-0.05, 0) is 13.3 Å². The Balaban J connectivity index is 2.24. The number of fused-ring (bicyclic) bond motifs is 3. The van der Waals surface area contributed by atoms with Crippen LogP contribution in [-0.4, -0.2) is 34.6 Å². The van der Waals surface area contributed by atoms with E-state index in [1.165, 1.54) is 15.5 Å². The highest BCUT2D eigenvalue weighted by molar-refractivity contribution is 7.17. The predicted molar refractivity (Wildman–Crippen MR) is 103 cm³/mol. The molecule has 28 heavy (non-hydrogen) atoms. The molecule has 0 aliphatic carbocycles. The Morgan fingerprint density at radius 3 is 2.68 bits per heavy atom. The number of benzene rings is 1. The van der Waals surface area contributed by atoms with Gasteiger partial charge >= 0.3 is 5.97 Å². The number of halogens is 2. The molecule has 0 bridgehead atoms. The van der Waals surface area contributed by atoms with Gasteiger partial charge in [-0.3, -0.25) is 10.6 Å². The van der Waals surface area contributed by atoms with Crippen molar-refractivity contribution in [3.05, 3.63) is 38.5 Å². The number of nitrogens with two attached hydrogens (primary N) is 2. The van der Waals surface area contributed by atoms with Crippen LogP contribution in [0, 0.1) is 18.6 Å². The van der Waals surface area contributed by atoms with Gasteiger partial charge in [-0.25, -0.2) is 13.6 Å². The third-order valence-electron chi connectivity index (χ3n) is 4.93. The number of aryl methyl sites for hydroxylation is 1. The summed E-state index contributed by atoms with van der Waals surface area (Å²) in [5.74, 6) is 1.97. The van der Waals surface area contributed by atoms with Gasteiger partial charge in [0, 0.05) is 30.2 Å². The lowest BCUT2D eigenvalue weighted by Gasteiger charge is -2.23. The zero-order chi connectivity index (χ0) is 20.3. The summed E-state index contributed by atoms with van der Waals surface area (Å²) in [5.41, 5.74) is 5.42. The van der Waals surface area contributed by atoms with E-state index in [-0.39, 0.29) is 28.6 Å². The molecule has 11 heteroatoms. The Morgan fingerprint density at radius 1 is 1.39 bits per heavy atom. The van der Waals surface area contributed by atoms with Crippen molar-refractivity contribution in [2.75, 3.05) is 23.4 Å². The average molecular weight is 409 g/mol. The summed E-state index contributed by atoms with van der Waals surface area (Å²) >= 11 is 1.04. The van der Waals surface area contributed by atoms with Gasteiger partial charge in [0.05, 0.1) is 10.9 Å². The molecule has 3 heterocycles. The zero-order valence-electron chi connectivity index (χ0n) is 14.8. The minimum Gasteiger partial charge on any atom is -0.477 e. The lowest BCUT2D eigenvalue weighted by molar-refractivity contribution is 0.0697. The Kier molecular flexibility index (Phi) is 4.25. The monoisotopic (exact) mass is 409 g/mol. The number of nitrogens with one attached hydrogen (secondary N) is 1. The molecule has 2 aromatic heterocycles. The van der Waals surface area contributed by atoms with Crippen LogP contribution in [0.3, 0.4) is 0 Å². The molecule has 1 aliphatic rings. The second kappa shape index (κ2) is 6.40. The molecule has 0 saturated carbocycles. The summed E-state index contributed by atoms with van der Waals surface area (Å²) < 4.78 is 32.1. The lowest BCUT2D eigenvalue weighted by Crippen LogP contribution is -2.29. The topological polar surface area (TPSA) is 126 Å². The second-order valence-electron chi connectivity index (χ2n) is 6.74. The number of aromatic nitrogens is 1. The van der Waals surface area contributed by atoms with Gasteiger partial charge in [0.1, 0.15) is 21.8 Å². The van der Waals surface area contributed by atoms with Crippen LogP contribution in [0.1, 0.15) is 21.7 Å². The van der Waals surface area contributed by atoms with E-state index in [1.807, 2.05) is 0 Å². The number of carboxylic acids is 1.